The summed E-state index contributed by atoms with van der Waals surface area (Å²) in [4.78, 5) is 11.7. The highest BCUT2D eigenvalue weighted by molar-refractivity contribution is 5.89. The third kappa shape index (κ3) is 4.01. The fourth-order valence-electron chi connectivity index (χ4n) is 2.01. The van der Waals surface area contributed by atoms with Gasteiger partial charge in [-0.3, -0.25) is 0 Å². The Balaban J connectivity index is 1.91. The topological polar surface area (TPSA) is 41.1 Å². The zero-order chi connectivity index (χ0) is 14.6. The Hall–Kier alpha value is -1.98. The third-order valence-corrected chi connectivity index (χ3v) is 3.04. The molecule has 0 radical (unpaired) electrons. The molecule has 0 aliphatic heterocycles. The molecule has 1 aromatic carbocycles. The van der Waals surface area contributed by atoms with E-state index in [0.29, 0.717) is 5.69 Å². The van der Waals surface area contributed by atoms with Crippen LogP contribution < -0.4 is 10.6 Å². The van der Waals surface area contributed by atoms with Gasteiger partial charge in [0.15, 0.2) is 0 Å². The van der Waals surface area contributed by atoms with Gasteiger partial charge < -0.3 is 10.6 Å². The SMILES string of the molecule is O=C(Nc1ccc(C(F)(F)F)cc1)NC1C=CCCC1. The lowest BCUT2D eigenvalue weighted by Gasteiger charge is -2.18. The van der Waals surface area contributed by atoms with Gasteiger partial charge in [-0.15, -0.1) is 0 Å². The molecule has 0 saturated heterocycles. The summed E-state index contributed by atoms with van der Waals surface area (Å²) in [7, 11) is 0. The minimum atomic E-state index is -4.37. The van der Waals surface area contributed by atoms with Gasteiger partial charge in [0.25, 0.3) is 0 Å². The standard InChI is InChI=1S/C14H15F3N2O/c15-14(16,17)10-6-8-12(9-7-10)19-13(20)18-11-4-2-1-3-5-11/h2,4,6-9,11H,1,3,5H2,(H2,18,19,20). The molecule has 1 unspecified atom stereocenters. The molecule has 1 aromatic rings. The number of alkyl halides is 3. The summed E-state index contributed by atoms with van der Waals surface area (Å²) >= 11 is 0. The van der Waals surface area contributed by atoms with E-state index in [1.54, 1.807) is 0 Å². The van der Waals surface area contributed by atoms with Gasteiger partial charge in [-0.2, -0.15) is 13.2 Å². The molecule has 0 aromatic heterocycles. The lowest BCUT2D eigenvalue weighted by atomic mass is 10.0. The Labute approximate surface area is 114 Å². The molecule has 0 fully saturated rings. The summed E-state index contributed by atoms with van der Waals surface area (Å²) < 4.78 is 37.2. The second-order valence-corrected chi connectivity index (χ2v) is 4.64. The third-order valence-electron chi connectivity index (χ3n) is 3.04. The average Bonchev–Trinajstić information content (AvgIpc) is 2.39. The molecule has 1 aliphatic carbocycles. The molecule has 0 heterocycles. The van der Waals surface area contributed by atoms with Gasteiger partial charge in [-0.1, -0.05) is 12.2 Å². The number of allylic oxidation sites excluding steroid dienone is 1. The smallest absolute Gasteiger partial charge is 0.332 e. The molecule has 1 atom stereocenters. The fourth-order valence-corrected chi connectivity index (χ4v) is 2.01. The van der Waals surface area contributed by atoms with Crippen molar-refractivity contribution in [2.45, 2.75) is 31.5 Å². The van der Waals surface area contributed by atoms with Crippen molar-refractivity contribution in [3.8, 4) is 0 Å². The van der Waals surface area contributed by atoms with E-state index in [0.717, 1.165) is 31.4 Å². The van der Waals surface area contributed by atoms with Crippen molar-refractivity contribution in [2.75, 3.05) is 5.32 Å². The Morgan fingerprint density at radius 3 is 2.45 bits per heavy atom. The van der Waals surface area contributed by atoms with Gasteiger partial charge in [-0.25, -0.2) is 4.79 Å². The predicted octanol–water partition coefficient (Wildman–Crippen LogP) is 3.94. The van der Waals surface area contributed by atoms with Gasteiger partial charge in [0, 0.05) is 11.7 Å². The summed E-state index contributed by atoms with van der Waals surface area (Å²) in [5.74, 6) is 0. The highest BCUT2D eigenvalue weighted by atomic mass is 19.4. The highest BCUT2D eigenvalue weighted by Gasteiger charge is 2.29. The maximum absolute atomic E-state index is 12.4. The molecule has 0 bridgehead atoms. The Bertz CT molecular complexity index is 494. The number of hydrogen-bond acceptors (Lipinski definition) is 1. The van der Waals surface area contributed by atoms with Gasteiger partial charge in [0.1, 0.15) is 0 Å². The van der Waals surface area contributed by atoms with Gasteiger partial charge in [-0.05, 0) is 43.5 Å². The number of carbonyl (C=O) groups is 1. The lowest BCUT2D eigenvalue weighted by Crippen LogP contribution is -2.37. The minimum absolute atomic E-state index is 0.0156. The largest absolute Gasteiger partial charge is 0.416 e. The summed E-state index contributed by atoms with van der Waals surface area (Å²) in [6.45, 7) is 0. The summed E-state index contributed by atoms with van der Waals surface area (Å²) in [6.07, 6.45) is 2.47. The van der Waals surface area contributed by atoms with Gasteiger partial charge >= 0.3 is 12.2 Å². The van der Waals surface area contributed by atoms with Crippen LogP contribution in [0, 0.1) is 0 Å². The number of nitrogens with one attached hydrogen (secondary N) is 2. The van der Waals surface area contributed by atoms with Crippen LogP contribution >= 0.6 is 0 Å². The van der Waals surface area contributed by atoms with E-state index < -0.39 is 17.8 Å². The first-order valence-corrected chi connectivity index (χ1v) is 6.36. The van der Waals surface area contributed by atoms with Crippen LogP contribution in [0.1, 0.15) is 24.8 Å². The summed E-state index contributed by atoms with van der Waals surface area (Å²) in [5, 5.41) is 5.27. The normalized spacial score (nSPS) is 18.6. The van der Waals surface area contributed by atoms with Crippen LogP contribution in [0.3, 0.4) is 0 Å². The molecule has 2 rings (SSSR count). The highest BCUT2D eigenvalue weighted by Crippen LogP contribution is 2.29. The van der Waals surface area contributed by atoms with Gasteiger partial charge in [0.2, 0.25) is 0 Å². The van der Waals surface area contributed by atoms with E-state index >= 15 is 0 Å². The molecule has 2 N–H and O–H groups in total. The molecular weight excluding hydrogens is 269 g/mol. The fraction of sp³-hybridized carbons (Fsp3) is 0.357. The number of anilines is 1. The van der Waals surface area contributed by atoms with Crippen molar-refractivity contribution < 1.29 is 18.0 Å². The van der Waals surface area contributed by atoms with E-state index in [2.05, 4.69) is 10.6 Å². The first kappa shape index (κ1) is 14.4. The number of urea groups is 1. The molecule has 0 saturated carbocycles. The summed E-state index contributed by atoms with van der Waals surface area (Å²) in [5.41, 5.74) is -0.408. The van der Waals surface area contributed by atoms with E-state index in [9.17, 15) is 18.0 Å². The van der Waals surface area contributed by atoms with E-state index in [1.807, 2.05) is 12.2 Å². The van der Waals surface area contributed by atoms with Crippen molar-refractivity contribution in [3.05, 3.63) is 42.0 Å². The molecular formula is C14H15F3N2O. The van der Waals surface area contributed by atoms with Crippen LogP contribution in [0.2, 0.25) is 0 Å². The van der Waals surface area contributed by atoms with Gasteiger partial charge in [0.05, 0.1) is 5.56 Å². The molecule has 1 aliphatic rings. The maximum Gasteiger partial charge on any atom is 0.416 e. The van der Waals surface area contributed by atoms with E-state index in [4.69, 9.17) is 0 Å². The van der Waals surface area contributed by atoms with Crippen molar-refractivity contribution in [3.63, 3.8) is 0 Å². The zero-order valence-electron chi connectivity index (χ0n) is 10.7. The lowest BCUT2D eigenvalue weighted by molar-refractivity contribution is -0.137. The number of hydrogen-bond donors (Lipinski definition) is 2. The molecule has 6 heteroatoms. The number of carbonyl (C=O) groups excluding carboxylic acids is 1. The quantitative estimate of drug-likeness (QED) is 0.794. The summed E-state index contributed by atoms with van der Waals surface area (Å²) in [6, 6.07) is 3.92. The second-order valence-electron chi connectivity index (χ2n) is 4.64. The molecule has 20 heavy (non-hydrogen) atoms. The van der Waals surface area contributed by atoms with Crippen molar-refractivity contribution >= 4 is 11.7 Å². The Morgan fingerprint density at radius 1 is 1.20 bits per heavy atom. The van der Waals surface area contributed by atoms with Crippen molar-refractivity contribution in [1.29, 1.82) is 0 Å². The zero-order valence-corrected chi connectivity index (χ0v) is 10.7. The average molecular weight is 284 g/mol. The minimum Gasteiger partial charge on any atom is -0.332 e. The molecule has 2 amide bonds. The number of rotatable bonds is 2. The van der Waals surface area contributed by atoms with Crippen LogP contribution in [0.4, 0.5) is 23.7 Å². The molecule has 3 nitrogen and oxygen atoms in total. The van der Waals surface area contributed by atoms with Crippen molar-refractivity contribution in [2.24, 2.45) is 0 Å². The number of halogens is 3. The first-order valence-electron chi connectivity index (χ1n) is 6.36. The second kappa shape index (κ2) is 5.98. The van der Waals surface area contributed by atoms with Crippen molar-refractivity contribution in [1.82, 2.24) is 5.32 Å². The van der Waals surface area contributed by atoms with Crippen LogP contribution in [-0.2, 0) is 6.18 Å². The monoisotopic (exact) mass is 284 g/mol. The molecule has 108 valence electrons. The number of amides is 2. The number of benzene rings is 1. The van der Waals surface area contributed by atoms with Crippen LogP contribution in [-0.4, -0.2) is 12.1 Å². The Kier molecular flexibility index (Phi) is 4.32. The van der Waals surface area contributed by atoms with E-state index in [1.165, 1.54) is 12.1 Å². The van der Waals surface area contributed by atoms with Crippen LogP contribution in [0.25, 0.3) is 0 Å². The first-order chi connectivity index (χ1) is 9.45. The van der Waals surface area contributed by atoms with Crippen LogP contribution in [0.15, 0.2) is 36.4 Å². The van der Waals surface area contributed by atoms with Crippen LogP contribution in [0.5, 0.6) is 0 Å². The Morgan fingerprint density at radius 2 is 1.90 bits per heavy atom. The maximum atomic E-state index is 12.4. The van der Waals surface area contributed by atoms with E-state index in [-0.39, 0.29) is 6.04 Å². The molecule has 0 spiro atoms. The predicted molar refractivity (Wildman–Crippen MR) is 70.4 cm³/mol.